The predicted molar refractivity (Wildman–Crippen MR) is 120 cm³/mol. The third kappa shape index (κ3) is 6.23. The molecule has 0 spiro atoms. The quantitative estimate of drug-likeness (QED) is 0.549. The predicted octanol–water partition coefficient (Wildman–Crippen LogP) is 4.13. The molecule has 0 saturated carbocycles. The zero-order valence-electron chi connectivity index (χ0n) is 17.5. The Morgan fingerprint density at radius 1 is 0.839 bits per heavy atom. The molecular weight excluding hydrogens is 416 g/mol. The molecule has 0 saturated heterocycles. The third-order valence-corrected chi connectivity index (χ3v) is 5.75. The average molecular weight is 441 g/mol. The van der Waals surface area contributed by atoms with E-state index < -0.39 is 10.0 Å². The number of carbonyl (C=O) groups excluding carboxylic acids is 1. The molecule has 0 aromatic heterocycles. The number of hydrogen-bond donors (Lipinski definition) is 2. The summed E-state index contributed by atoms with van der Waals surface area (Å²) in [5.74, 6) is 0.741. The summed E-state index contributed by atoms with van der Waals surface area (Å²) in [5, 5.41) is 2.71. The van der Waals surface area contributed by atoms with Crippen molar-refractivity contribution in [3.05, 3.63) is 77.9 Å². The molecule has 0 fully saturated rings. The number of amides is 1. The van der Waals surface area contributed by atoms with Crippen molar-refractivity contribution < 1.29 is 22.7 Å². The standard InChI is InChI=1S/C23H24N2O5S/c1-16-12-17(2)14-19(13-16)25-31(27,28)22-10-8-21(9-11-22)30-15-23(26)24-18-4-6-20(29-3)7-5-18/h4-14,25H,15H2,1-3H3,(H,24,26). The summed E-state index contributed by atoms with van der Waals surface area (Å²) in [4.78, 5) is 12.2. The highest BCUT2D eigenvalue weighted by molar-refractivity contribution is 7.92. The summed E-state index contributed by atoms with van der Waals surface area (Å²) in [6, 6.07) is 18.3. The van der Waals surface area contributed by atoms with Gasteiger partial charge in [-0.15, -0.1) is 0 Å². The molecule has 3 aromatic carbocycles. The number of anilines is 2. The molecule has 3 aromatic rings. The molecule has 3 rings (SSSR count). The Morgan fingerprint density at radius 2 is 1.42 bits per heavy atom. The molecule has 0 aliphatic carbocycles. The van der Waals surface area contributed by atoms with Crippen LogP contribution in [-0.2, 0) is 14.8 Å². The molecule has 31 heavy (non-hydrogen) atoms. The number of hydrogen-bond acceptors (Lipinski definition) is 5. The average Bonchev–Trinajstić information content (AvgIpc) is 2.72. The lowest BCUT2D eigenvalue weighted by Gasteiger charge is -2.11. The lowest BCUT2D eigenvalue weighted by Crippen LogP contribution is -2.20. The van der Waals surface area contributed by atoms with Crippen molar-refractivity contribution in [2.45, 2.75) is 18.7 Å². The number of rotatable bonds is 8. The van der Waals surface area contributed by atoms with E-state index in [0.29, 0.717) is 22.9 Å². The van der Waals surface area contributed by atoms with E-state index >= 15 is 0 Å². The fourth-order valence-corrected chi connectivity index (χ4v) is 4.02. The summed E-state index contributed by atoms with van der Waals surface area (Å²) in [6.45, 7) is 3.60. The van der Waals surface area contributed by atoms with E-state index in [0.717, 1.165) is 11.1 Å². The zero-order chi connectivity index (χ0) is 22.4. The third-order valence-electron chi connectivity index (χ3n) is 4.35. The van der Waals surface area contributed by atoms with E-state index in [1.54, 1.807) is 43.5 Å². The second-order valence-electron chi connectivity index (χ2n) is 7.02. The SMILES string of the molecule is COc1ccc(NC(=O)COc2ccc(S(=O)(=O)Nc3cc(C)cc(C)c3)cc2)cc1. The van der Waals surface area contributed by atoms with E-state index in [4.69, 9.17) is 9.47 Å². The molecule has 0 atom stereocenters. The molecule has 1 amide bonds. The first kappa shape index (κ1) is 22.2. The van der Waals surface area contributed by atoms with Gasteiger partial charge in [0.05, 0.1) is 12.0 Å². The van der Waals surface area contributed by atoms with Crippen LogP contribution in [0.5, 0.6) is 11.5 Å². The first-order chi connectivity index (χ1) is 14.7. The van der Waals surface area contributed by atoms with Crippen LogP contribution in [0.25, 0.3) is 0 Å². The van der Waals surface area contributed by atoms with Gasteiger partial charge in [0.2, 0.25) is 0 Å². The van der Waals surface area contributed by atoms with Crippen molar-refractivity contribution in [3.8, 4) is 11.5 Å². The Hall–Kier alpha value is -3.52. The number of benzene rings is 3. The van der Waals surface area contributed by atoms with Crippen molar-refractivity contribution in [1.29, 1.82) is 0 Å². The van der Waals surface area contributed by atoms with Crippen molar-refractivity contribution >= 4 is 27.3 Å². The summed E-state index contributed by atoms with van der Waals surface area (Å²) < 4.78 is 38.4. The van der Waals surface area contributed by atoms with Crippen molar-refractivity contribution in [1.82, 2.24) is 0 Å². The molecule has 162 valence electrons. The number of nitrogens with one attached hydrogen (secondary N) is 2. The van der Waals surface area contributed by atoms with Crippen molar-refractivity contribution in [2.24, 2.45) is 0 Å². The minimum atomic E-state index is -3.74. The zero-order valence-corrected chi connectivity index (χ0v) is 18.3. The summed E-state index contributed by atoms with van der Waals surface area (Å²) in [5.41, 5.74) is 3.06. The Bertz CT molecular complexity index is 1140. The van der Waals surface area contributed by atoms with Gasteiger partial charge in [0.25, 0.3) is 15.9 Å². The van der Waals surface area contributed by atoms with Gasteiger partial charge >= 0.3 is 0 Å². The van der Waals surface area contributed by atoms with Crippen LogP contribution in [0.15, 0.2) is 71.6 Å². The van der Waals surface area contributed by atoms with Gasteiger partial charge < -0.3 is 14.8 Å². The highest BCUT2D eigenvalue weighted by Gasteiger charge is 2.15. The maximum absolute atomic E-state index is 12.6. The Labute approximate surface area is 182 Å². The van der Waals surface area contributed by atoms with Gasteiger partial charge in [-0.25, -0.2) is 8.42 Å². The second kappa shape index (κ2) is 9.53. The first-order valence-corrected chi connectivity index (χ1v) is 11.0. The van der Waals surface area contributed by atoms with Crippen LogP contribution >= 0.6 is 0 Å². The molecule has 7 nitrogen and oxygen atoms in total. The fourth-order valence-electron chi connectivity index (χ4n) is 2.98. The molecule has 0 radical (unpaired) electrons. The lowest BCUT2D eigenvalue weighted by molar-refractivity contribution is -0.118. The number of aryl methyl sites for hydroxylation is 2. The molecule has 0 bridgehead atoms. The molecule has 8 heteroatoms. The van der Waals surface area contributed by atoms with Gasteiger partial charge in [-0.3, -0.25) is 9.52 Å². The number of carbonyl (C=O) groups is 1. The van der Waals surface area contributed by atoms with Crippen LogP contribution in [0.3, 0.4) is 0 Å². The highest BCUT2D eigenvalue weighted by Crippen LogP contribution is 2.21. The summed E-state index contributed by atoms with van der Waals surface area (Å²) in [6.07, 6.45) is 0. The van der Waals surface area contributed by atoms with Crippen molar-refractivity contribution in [2.75, 3.05) is 23.8 Å². The normalized spacial score (nSPS) is 10.9. The summed E-state index contributed by atoms with van der Waals surface area (Å²) in [7, 11) is -2.17. The Kier molecular flexibility index (Phi) is 6.81. The Balaban J connectivity index is 1.58. The molecular formula is C23H24N2O5S. The van der Waals surface area contributed by atoms with Crippen LogP contribution in [0.4, 0.5) is 11.4 Å². The van der Waals surface area contributed by atoms with Crippen LogP contribution < -0.4 is 19.5 Å². The highest BCUT2D eigenvalue weighted by atomic mass is 32.2. The topological polar surface area (TPSA) is 93.7 Å². The first-order valence-electron chi connectivity index (χ1n) is 9.53. The van der Waals surface area contributed by atoms with Gasteiger partial charge in [-0.2, -0.15) is 0 Å². The van der Waals surface area contributed by atoms with Gasteiger partial charge in [0.1, 0.15) is 11.5 Å². The number of methoxy groups -OCH3 is 1. The fraction of sp³-hybridized carbons (Fsp3) is 0.174. The van der Waals surface area contributed by atoms with Gasteiger partial charge in [-0.1, -0.05) is 6.07 Å². The molecule has 0 aliphatic rings. The molecule has 0 heterocycles. The number of sulfonamides is 1. The van der Waals surface area contributed by atoms with E-state index in [9.17, 15) is 13.2 Å². The maximum atomic E-state index is 12.6. The van der Waals surface area contributed by atoms with Crippen LogP contribution in [0, 0.1) is 13.8 Å². The molecule has 2 N–H and O–H groups in total. The Morgan fingerprint density at radius 3 is 2.00 bits per heavy atom. The van der Waals surface area contributed by atoms with Gasteiger partial charge in [-0.05, 0) is 85.6 Å². The maximum Gasteiger partial charge on any atom is 0.262 e. The van der Waals surface area contributed by atoms with Crippen LogP contribution in [0.2, 0.25) is 0 Å². The smallest absolute Gasteiger partial charge is 0.262 e. The second-order valence-corrected chi connectivity index (χ2v) is 8.70. The van der Waals surface area contributed by atoms with Crippen molar-refractivity contribution in [3.63, 3.8) is 0 Å². The lowest BCUT2D eigenvalue weighted by atomic mass is 10.1. The van der Waals surface area contributed by atoms with E-state index in [1.807, 2.05) is 19.9 Å². The van der Waals surface area contributed by atoms with E-state index in [1.165, 1.54) is 24.3 Å². The van der Waals surface area contributed by atoms with Crippen LogP contribution in [-0.4, -0.2) is 28.0 Å². The minimum Gasteiger partial charge on any atom is -0.497 e. The minimum absolute atomic E-state index is 0.0988. The summed E-state index contributed by atoms with van der Waals surface area (Å²) >= 11 is 0. The van der Waals surface area contributed by atoms with E-state index in [2.05, 4.69) is 10.0 Å². The van der Waals surface area contributed by atoms with E-state index in [-0.39, 0.29) is 17.4 Å². The van der Waals surface area contributed by atoms with Crippen LogP contribution in [0.1, 0.15) is 11.1 Å². The largest absolute Gasteiger partial charge is 0.497 e. The molecule has 0 unspecified atom stereocenters. The molecule has 0 aliphatic heterocycles. The monoisotopic (exact) mass is 440 g/mol. The van der Waals surface area contributed by atoms with Gasteiger partial charge in [0, 0.05) is 11.4 Å². The van der Waals surface area contributed by atoms with Gasteiger partial charge in [0.15, 0.2) is 6.61 Å². The number of ether oxygens (including phenoxy) is 2.